The molecule has 0 aliphatic rings. The van der Waals surface area contributed by atoms with Crippen molar-refractivity contribution in [2.45, 2.75) is 13.8 Å². The molecule has 0 heterocycles. The number of halogens is 1. The predicted octanol–water partition coefficient (Wildman–Crippen LogP) is 3.39. The molecule has 0 bridgehead atoms. The normalized spacial score (nSPS) is 9.58. The number of hydrogen-bond acceptors (Lipinski definition) is 1. The molecule has 1 aromatic rings. The van der Waals surface area contributed by atoms with Crippen LogP contribution in [-0.2, 0) is 0 Å². The van der Waals surface area contributed by atoms with Crippen LogP contribution < -0.4 is 4.74 Å². The second-order valence-corrected chi connectivity index (χ2v) is 3.08. The minimum Gasteiger partial charge on any atom is -0.446 e. The maximum Gasteiger partial charge on any atom is 0.186 e. The van der Waals surface area contributed by atoms with E-state index >= 15 is 0 Å². The van der Waals surface area contributed by atoms with Gasteiger partial charge < -0.3 is 4.74 Å². The van der Waals surface area contributed by atoms with Gasteiger partial charge in [-0.1, -0.05) is 12.1 Å². The SMILES string of the molecule is C=C(Cl)Oc1cccc(C)c1C. The van der Waals surface area contributed by atoms with Crippen LogP contribution in [0.2, 0.25) is 0 Å². The molecule has 0 atom stereocenters. The Kier molecular flexibility index (Phi) is 2.77. The monoisotopic (exact) mass is 182 g/mol. The van der Waals surface area contributed by atoms with Crippen molar-refractivity contribution in [2.75, 3.05) is 0 Å². The molecule has 12 heavy (non-hydrogen) atoms. The summed E-state index contributed by atoms with van der Waals surface area (Å²) in [7, 11) is 0. The topological polar surface area (TPSA) is 9.23 Å². The lowest BCUT2D eigenvalue weighted by Gasteiger charge is -2.07. The standard InChI is InChI=1S/C10H11ClO/c1-7-5-4-6-10(8(7)2)12-9(3)11/h4-6H,3H2,1-2H3. The van der Waals surface area contributed by atoms with Crippen LogP contribution in [0.3, 0.4) is 0 Å². The first-order valence-corrected chi connectivity index (χ1v) is 4.07. The highest BCUT2D eigenvalue weighted by Crippen LogP contribution is 2.22. The maximum atomic E-state index is 5.52. The van der Waals surface area contributed by atoms with Gasteiger partial charge in [-0.15, -0.1) is 0 Å². The summed E-state index contributed by atoms with van der Waals surface area (Å²) in [5, 5.41) is 0.198. The third-order valence-corrected chi connectivity index (χ3v) is 1.85. The summed E-state index contributed by atoms with van der Waals surface area (Å²) in [5.41, 5.74) is 2.28. The summed E-state index contributed by atoms with van der Waals surface area (Å²) in [6.07, 6.45) is 0. The zero-order valence-corrected chi connectivity index (χ0v) is 7.98. The van der Waals surface area contributed by atoms with Crippen molar-refractivity contribution in [3.05, 3.63) is 41.1 Å². The van der Waals surface area contributed by atoms with Gasteiger partial charge in [-0.05, 0) is 49.2 Å². The molecule has 0 fully saturated rings. The van der Waals surface area contributed by atoms with Crippen molar-refractivity contribution in [3.8, 4) is 5.75 Å². The van der Waals surface area contributed by atoms with Crippen molar-refractivity contribution in [3.63, 3.8) is 0 Å². The highest BCUT2D eigenvalue weighted by atomic mass is 35.5. The number of aryl methyl sites for hydroxylation is 1. The number of ether oxygens (including phenoxy) is 1. The van der Waals surface area contributed by atoms with Gasteiger partial charge in [0.25, 0.3) is 0 Å². The molecular weight excluding hydrogens is 172 g/mol. The fourth-order valence-corrected chi connectivity index (χ4v) is 1.04. The average molecular weight is 183 g/mol. The Labute approximate surface area is 77.6 Å². The average Bonchev–Trinajstić information content (AvgIpc) is 1.98. The van der Waals surface area contributed by atoms with E-state index in [2.05, 4.69) is 6.58 Å². The number of benzene rings is 1. The van der Waals surface area contributed by atoms with E-state index in [4.69, 9.17) is 16.3 Å². The van der Waals surface area contributed by atoms with Crippen LogP contribution in [0.1, 0.15) is 11.1 Å². The molecular formula is C10H11ClO. The molecule has 2 heteroatoms. The van der Waals surface area contributed by atoms with Gasteiger partial charge in [-0.3, -0.25) is 0 Å². The molecule has 0 radical (unpaired) electrons. The largest absolute Gasteiger partial charge is 0.446 e. The smallest absolute Gasteiger partial charge is 0.186 e. The number of rotatable bonds is 2. The zero-order chi connectivity index (χ0) is 9.14. The minimum atomic E-state index is 0.198. The van der Waals surface area contributed by atoms with Crippen molar-refractivity contribution >= 4 is 11.6 Å². The molecule has 1 rings (SSSR count). The van der Waals surface area contributed by atoms with E-state index in [0.717, 1.165) is 11.3 Å². The van der Waals surface area contributed by atoms with Gasteiger partial charge in [-0.25, -0.2) is 0 Å². The Morgan fingerprint density at radius 2 is 2.08 bits per heavy atom. The summed E-state index contributed by atoms with van der Waals surface area (Å²) >= 11 is 5.52. The molecule has 1 nitrogen and oxygen atoms in total. The minimum absolute atomic E-state index is 0.198. The third-order valence-electron chi connectivity index (χ3n) is 1.78. The van der Waals surface area contributed by atoms with Gasteiger partial charge in [0.15, 0.2) is 5.22 Å². The van der Waals surface area contributed by atoms with Gasteiger partial charge in [0.2, 0.25) is 0 Å². The Hall–Kier alpha value is -0.950. The highest BCUT2D eigenvalue weighted by molar-refractivity contribution is 6.28. The highest BCUT2D eigenvalue weighted by Gasteiger charge is 2.01. The molecule has 0 saturated carbocycles. The van der Waals surface area contributed by atoms with Crippen molar-refractivity contribution < 1.29 is 4.74 Å². The van der Waals surface area contributed by atoms with Gasteiger partial charge in [-0.2, -0.15) is 0 Å². The van der Waals surface area contributed by atoms with Gasteiger partial charge in [0.1, 0.15) is 5.75 Å². The van der Waals surface area contributed by atoms with E-state index in [1.165, 1.54) is 5.56 Å². The number of hydrogen-bond donors (Lipinski definition) is 0. The summed E-state index contributed by atoms with van der Waals surface area (Å²) in [5.74, 6) is 0.773. The van der Waals surface area contributed by atoms with Crippen LogP contribution in [0, 0.1) is 13.8 Å². The molecule has 0 N–H and O–H groups in total. The van der Waals surface area contributed by atoms with Crippen molar-refractivity contribution in [1.82, 2.24) is 0 Å². The van der Waals surface area contributed by atoms with E-state index in [1.54, 1.807) is 0 Å². The molecule has 0 aromatic heterocycles. The van der Waals surface area contributed by atoms with E-state index in [0.29, 0.717) is 0 Å². The predicted molar refractivity (Wildman–Crippen MR) is 51.5 cm³/mol. The third kappa shape index (κ3) is 2.02. The zero-order valence-electron chi connectivity index (χ0n) is 7.23. The Morgan fingerprint density at radius 3 is 2.67 bits per heavy atom. The fourth-order valence-electron chi connectivity index (χ4n) is 0.954. The van der Waals surface area contributed by atoms with E-state index in [1.807, 2.05) is 32.0 Å². The van der Waals surface area contributed by atoms with Crippen LogP contribution in [0.15, 0.2) is 30.0 Å². The molecule has 0 amide bonds. The summed E-state index contributed by atoms with van der Waals surface area (Å²) in [6.45, 7) is 7.48. The Bertz CT molecular complexity index is 305. The van der Waals surface area contributed by atoms with Crippen molar-refractivity contribution in [1.29, 1.82) is 0 Å². The Morgan fingerprint density at radius 1 is 1.42 bits per heavy atom. The second kappa shape index (κ2) is 3.63. The summed E-state index contributed by atoms with van der Waals surface area (Å²) < 4.78 is 5.20. The van der Waals surface area contributed by atoms with Gasteiger partial charge in [0.05, 0.1) is 0 Å². The van der Waals surface area contributed by atoms with Crippen LogP contribution in [0.25, 0.3) is 0 Å². The molecule has 0 spiro atoms. The molecule has 0 aliphatic heterocycles. The van der Waals surface area contributed by atoms with Crippen LogP contribution in [-0.4, -0.2) is 0 Å². The molecule has 64 valence electrons. The first-order chi connectivity index (χ1) is 5.61. The van der Waals surface area contributed by atoms with Crippen molar-refractivity contribution in [2.24, 2.45) is 0 Å². The van der Waals surface area contributed by atoms with Gasteiger partial charge >= 0.3 is 0 Å². The second-order valence-electron chi connectivity index (χ2n) is 2.66. The first-order valence-electron chi connectivity index (χ1n) is 3.69. The maximum absolute atomic E-state index is 5.52. The fraction of sp³-hybridized carbons (Fsp3) is 0.200. The van der Waals surface area contributed by atoms with E-state index < -0.39 is 0 Å². The van der Waals surface area contributed by atoms with Crippen LogP contribution >= 0.6 is 11.6 Å². The molecule has 0 unspecified atom stereocenters. The lowest BCUT2D eigenvalue weighted by molar-refractivity contribution is 0.461. The lowest BCUT2D eigenvalue weighted by atomic mass is 10.1. The van der Waals surface area contributed by atoms with Crippen LogP contribution in [0.5, 0.6) is 5.75 Å². The summed E-state index contributed by atoms with van der Waals surface area (Å²) in [6, 6.07) is 5.83. The quantitative estimate of drug-likeness (QED) is 0.638. The van der Waals surface area contributed by atoms with Crippen LogP contribution in [0.4, 0.5) is 0 Å². The first kappa shape index (κ1) is 9.14. The van der Waals surface area contributed by atoms with E-state index in [9.17, 15) is 0 Å². The summed E-state index contributed by atoms with van der Waals surface area (Å²) in [4.78, 5) is 0. The van der Waals surface area contributed by atoms with E-state index in [-0.39, 0.29) is 5.22 Å². The van der Waals surface area contributed by atoms with Gasteiger partial charge in [0, 0.05) is 0 Å². The molecule has 0 saturated heterocycles. The Balaban J connectivity index is 3.00. The molecule has 1 aromatic carbocycles. The molecule has 0 aliphatic carbocycles. The lowest BCUT2D eigenvalue weighted by Crippen LogP contribution is -1.91.